The first-order valence-corrected chi connectivity index (χ1v) is 8.77. The highest BCUT2D eigenvalue weighted by Crippen LogP contribution is 2.28. The van der Waals surface area contributed by atoms with E-state index in [4.69, 9.17) is 0 Å². The molecule has 2 aliphatic rings. The third kappa shape index (κ3) is 3.14. The predicted molar refractivity (Wildman–Crippen MR) is 91.6 cm³/mol. The Labute approximate surface area is 146 Å². The van der Waals surface area contributed by atoms with Crippen LogP contribution in [0.3, 0.4) is 0 Å². The normalized spacial score (nSPS) is 18.1. The zero-order valence-electron chi connectivity index (χ0n) is 14.0. The first-order valence-electron chi connectivity index (χ1n) is 8.77. The van der Waals surface area contributed by atoms with Crippen molar-refractivity contribution in [1.82, 2.24) is 25.0 Å². The molecule has 1 aliphatic carbocycles. The van der Waals surface area contributed by atoms with Crippen LogP contribution >= 0.6 is 0 Å². The molecule has 0 atom stereocenters. The van der Waals surface area contributed by atoms with Gasteiger partial charge in [-0.1, -0.05) is 12.5 Å². The number of amides is 2. The average molecular weight is 339 g/mol. The molecule has 2 aromatic heterocycles. The third-order valence-corrected chi connectivity index (χ3v) is 5.07. The maximum absolute atomic E-state index is 12.7. The summed E-state index contributed by atoms with van der Waals surface area (Å²) in [5.74, 6) is 0.401. The van der Waals surface area contributed by atoms with Gasteiger partial charge in [-0.3, -0.25) is 19.7 Å². The van der Waals surface area contributed by atoms with Gasteiger partial charge in [0.1, 0.15) is 11.4 Å². The fourth-order valence-corrected chi connectivity index (χ4v) is 3.29. The van der Waals surface area contributed by atoms with Crippen molar-refractivity contribution in [2.24, 2.45) is 5.92 Å². The maximum Gasteiger partial charge on any atom is 0.272 e. The van der Waals surface area contributed by atoms with Crippen molar-refractivity contribution >= 4 is 11.8 Å². The first-order chi connectivity index (χ1) is 12.2. The smallest absolute Gasteiger partial charge is 0.272 e. The van der Waals surface area contributed by atoms with Gasteiger partial charge in [-0.15, -0.1) is 0 Å². The average Bonchev–Trinajstić information content (AvgIpc) is 3.10. The molecule has 1 saturated carbocycles. The second-order valence-corrected chi connectivity index (χ2v) is 6.63. The largest absolute Gasteiger partial charge is 0.339 e. The lowest BCUT2D eigenvalue weighted by atomic mass is 9.84. The molecule has 2 fully saturated rings. The molecule has 2 aromatic rings. The summed E-state index contributed by atoms with van der Waals surface area (Å²) in [5, 5.41) is 7.00. The van der Waals surface area contributed by atoms with Crippen LogP contribution in [0.4, 0.5) is 0 Å². The molecule has 25 heavy (non-hydrogen) atoms. The number of nitrogens with zero attached hydrogens (tertiary/aromatic N) is 4. The highest BCUT2D eigenvalue weighted by Gasteiger charge is 2.32. The number of nitrogens with one attached hydrogen (secondary N) is 1. The van der Waals surface area contributed by atoms with E-state index in [0.29, 0.717) is 37.6 Å². The van der Waals surface area contributed by atoms with Crippen LogP contribution in [0.25, 0.3) is 11.4 Å². The minimum atomic E-state index is -0.0783. The van der Waals surface area contributed by atoms with Crippen LogP contribution in [0.5, 0.6) is 0 Å². The van der Waals surface area contributed by atoms with Crippen molar-refractivity contribution < 1.29 is 9.59 Å². The van der Waals surface area contributed by atoms with E-state index in [-0.39, 0.29) is 17.7 Å². The van der Waals surface area contributed by atoms with Crippen LogP contribution in [0.15, 0.2) is 30.5 Å². The van der Waals surface area contributed by atoms with Crippen LogP contribution in [-0.4, -0.2) is 63.0 Å². The number of pyridine rings is 1. The van der Waals surface area contributed by atoms with Crippen LogP contribution in [-0.2, 0) is 4.79 Å². The predicted octanol–water partition coefficient (Wildman–Crippen LogP) is 1.56. The van der Waals surface area contributed by atoms with Gasteiger partial charge in [0, 0.05) is 38.3 Å². The molecule has 1 aliphatic heterocycles. The van der Waals surface area contributed by atoms with Gasteiger partial charge >= 0.3 is 0 Å². The summed E-state index contributed by atoms with van der Waals surface area (Å²) in [4.78, 5) is 32.9. The summed E-state index contributed by atoms with van der Waals surface area (Å²) in [6.45, 7) is 2.36. The van der Waals surface area contributed by atoms with E-state index < -0.39 is 0 Å². The van der Waals surface area contributed by atoms with Crippen LogP contribution in [0.2, 0.25) is 0 Å². The van der Waals surface area contributed by atoms with Crippen molar-refractivity contribution in [3.8, 4) is 11.4 Å². The standard InChI is InChI=1S/C18H21N5O2/c24-17(13-4-3-5-13)22-8-10-23(11-9-22)18(25)16-12-15(20-21-16)14-6-1-2-7-19-14/h1-2,6-7,12-13H,3-5,8-11H2,(H,20,21). The number of aromatic amines is 1. The molecule has 4 rings (SSSR count). The fourth-order valence-electron chi connectivity index (χ4n) is 3.29. The molecule has 0 bridgehead atoms. The molecule has 1 N–H and O–H groups in total. The quantitative estimate of drug-likeness (QED) is 0.920. The van der Waals surface area contributed by atoms with Gasteiger partial charge in [0.05, 0.1) is 5.69 Å². The Morgan fingerprint density at radius 2 is 1.80 bits per heavy atom. The Morgan fingerprint density at radius 3 is 2.44 bits per heavy atom. The van der Waals surface area contributed by atoms with E-state index >= 15 is 0 Å². The van der Waals surface area contributed by atoms with Crippen molar-refractivity contribution in [2.45, 2.75) is 19.3 Å². The topological polar surface area (TPSA) is 82.2 Å². The number of aromatic nitrogens is 3. The summed E-state index contributed by atoms with van der Waals surface area (Å²) in [6.07, 6.45) is 4.89. The summed E-state index contributed by atoms with van der Waals surface area (Å²) in [5.41, 5.74) is 1.84. The van der Waals surface area contributed by atoms with Gasteiger partial charge in [-0.25, -0.2) is 0 Å². The molecule has 0 spiro atoms. The number of hydrogen-bond donors (Lipinski definition) is 1. The molecule has 2 amide bonds. The molecule has 7 nitrogen and oxygen atoms in total. The van der Waals surface area contributed by atoms with Gasteiger partial charge in [0.2, 0.25) is 5.91 Å². The van der Waals surface area contributed by atoms with Gasteiger partial charge in [0.25, 0.3) is 5.91 Å². The van der Waals surface area contributed by atoms with E-state index in [2.05, 4.69) is 15.2 Å². The third-order valence-electron chi connectivity index (χ3n) is 5.07. The van der Waals surface area contributed by atoms with Gasteiger partial charge in [0.15, 0.2) is 0 Å². The van der Waals surface area contributed by atoms with Crippen LogP contribution in [0, 0.1) is 5.92 Å². The number of carbonyl (C=O) groups is 2. The first kappa shape index (κ1) is 15.8. The second kappa shape index (κ2) is 6.66. The molecule has 3 heterocycles. The van der Waals surface area contributed by atoms with E-state index in [0.717, 1.165) is 25.0 Å². The van der Waals surface area contributed by atoms with Crippen LogP contribution in [0.1, 0.15) is 29.8 Å². The second-order valence-electron chi connectivity index (χ2n) is 6.63. The Hall–Kier alpha value is -2.70. The van der Waals surface area contributed by atoms with Crippen molar-refractivity contribution in [3.05, 3.63) is 36.2 Å². The number of piperazine rings is 1. The molecule has 130 valence electrons. The maximum atomic E-state index is 12.7. The summed E-state index contributed by atoms with van der Waals surface area (Å²) in [6, 6.07) is 7.31. The molecule has 0 radical (unpaired) electrons. The SMILES string of the molecule is O=C(c1cc(-c2ccccn2)n[nH]1)N1CCN(C(=O)C2CCC2)CC1. The summed E-state index contributed by atoms with van der Waals surface area (Å²) >= 11 is 0. The summed E-state index contributed by atoms with van der Waals surface area (Å²) < 4.78 is 0. The minimum absolute atomic E-state index is 0.0783. The van der Waals surface area contributed by atoms with Crippen molar-refractivity contribution in [3.63, 3.8) is 0 Å². The lowest BCUT2D eigenvalue weighted by Gasteiger charge is -2.38. The molecular weight excluding hydrogens is 318 g/mol. The van der Waals surface area contributed by atoms with E-state index in [1.807, 2.05) is 23.1 Å². The number of carbonyl (C=O) groups excluding carboxylic acids is 2. The number of H-pyrrole nitrogens is 1. The zero-order valence-corrected chi connectivity index (χ0v) is 14.0. The molecule has 0 aromatic carbocycles. The van der Waals surface area contributed by atoms with Gasteiger partial charge in [-0.05, 0) is 31.0 Å². The Morgan fingerprint density at radius 1 is 1.04 bits per heavy atom. The zero-order chi connectivity index (χ0) is 17.2. The Bertz CT molecular complexity index is 761. The van der Waals surface area contributed by atoms with E-state index in [1.165, 1.54) is 0 Å². The van der Waals surface area contributed by atoms with Crippen molar-refractivity contribution in [2.75, 3.05) is 26.2 Å². The summed E-state index contributed by atoms with van der Waals surface area (Å²) in [7, 11) is 0. The molecule has 7 heteroatoms. The van der Waals surface area contributed by atoms with Gasteiger partial charge in [-0.2, -0.15) is 5.10 Å². The molecule has 0 unspecified atom stereocenters. The van der Waals surface area contributed by atoms with Crippen LogP contribution < -0.4 is 0 Å². The minimum Gasteiger partial charge on any atom is -0.339 e. The lowest BCUT2D eigenvalue weighted by molar-refractivity contribution is -0.139. The monoisotopic (exact) mass is 339 g/mol. The van der Waals surface area contributed by atoms with Crippen molar-refractivity contribution in [1.29, 1.82) is 0 Å². The highest BCUT2D eigenvalue weighted by molar-refractivity contribution is 5.93. The Balaban J connectivity index is 1.37. The fraction of sp³-hybridized carbons (Fsp3) is 0.444. The molecule has 1 saturated heterocycles. The Kier molecular flexibility index (Phi) is 4.21. The lowest BCUT2D eigenvalue weighted by Crippen LogP contribution is -2.52. The van der Waals surface area contributed by atoms with Gasteiger partial charge < -0.3 is 9.80 Å². The highest BCUT2D eigenvalue weighted by atomic mass is 16.2. The number of rotatable bonds is 3. The van der Waals surface area contributed by atoms with E-state index in [9.17, 15) is 9.59 Å². The molecular formula is C18H21N5O2. The van der Waals surface area contributed by atoms with E-state index in [1.54, 1.807) is 17.2 Å². The number of hydrogen-bond acceptors (Lipinski definition) is 4.